The minimum absolute atomic E-state index is 0.212. The Morgan fingerprint density at radius 2 is 1.71 bits per heavy atom. The molecule has 1 heteroatoms. The lowest BCUT2D eigenvalue weighted by molar-refractivity contribution is 0.255. The standard InChI is InChI=1S/C13H17N/c1-13(2,3)14-9-8-11-6-4-5-7-12(11)10-14/h4-8,10H,9H2,1-3H3. The topological polar surface area (TPSA) is 3.24 Å². The Morgan fingerprint density at radius 3 is 2.36 bits per heavy atom. The van der Waals surface area contributed by atoms with Crippen LogP contribution in [0.25, 0.3) is 12.3 Å². The van der Waals surface area contributed by atoms with E-state index in [0.717, 1.165) is 6.54 Å². The first kappa shape index (κ1) is 9.32. The van der Waals surface area contributed by atoms with Crippen LogP contribution in [0.5, 0.6) is 0 Å². The Morgan fingerprint density at radius 1 is 1.07 bits per heavy atom. The average molecular weight is 187 g/mol. The third-order valence-electron chi connectivity index (χ3n) is 2.66. The van der Waals surface area contributed by atoms with Gasteiger partial charge in [-0.05, 0) is 31.2 Å². The Bertz CT molecular complexity index is 437. The van der Waals surface area contributed by atoms with Crippen LogP contribution in [0.3, 0.4) is 0 Å². The molecule has 0 unspecified atom stereocenters. The number of benzene rings is 1. The van der Waals surface area contributed by atoms with E-state index in [1.807, 2.05) is 0 Å². The highest BCUT2D eigenvalue weighted by molar-refractivity contribution is 5.39. The van der Waals surface area contributed by atoms with Gasteiger partial charge in [0.15, 0.2) is 0 Å². The summed E-state index contributed by atoms with van der Waals surface area (Å²) >= 11 is 0. The Hall–Kier alpha value is -1.24. The molecule has 2 rings (SSSR count). The van der Waals surface area contributed by atoms with Gasteiger partial charge in [-0.25, -0.2) is 0 Å². The summed E-state index contributed by atoms with van der Waals surface area (Å²) in [7, 11) is 0. The number of fused-ring (bicyclic) bond motifs is 1. The molecule has 74 valence electrons. The van der Waals surface area contributed by atoms with E-state index in [-0.39, 0.29) is 5.54 Å². The van der Waals surface area contributed by atoms with Crippen LogP contribution in [-0.2, 0) is 0 Å². The van der Waals surface area contributed by atoms with Crippen LogP contribution in [0, 0.1) is 0 Å². The molecule has 0 aromatic heterocycles. The van der Waals surface area contributed by atoms with E-state index >= 15 is 0 Å². The van der Waals surface area contributed by atoms with Crippen LogP contribution in [-0.4, -0.2) is 17.0 Å². The fraction of sp³-hybridized carbons (Fsp3) is 0.385. The molecule has 0 atom stereocenters. The van der Waals surface area contributed by atoms with Crippen molar-refractivity contribution in [3.05, 3.63) is 34.7 Å². The first-order chi connectivity index (χ1) is 6.57. The molecule has 1 aromatic rings. The number of hydrogen-bond acceptors (Lipinski definition) is 1. The predicted molar refractivity (Wildman–Crippen MR) is 61.1 cm³/mol. The molecule has 0 N–H and O–H groups in total. The van der Waals surface area contributed by atoms with Crippen molar-refractivity contribution in [2.75, 3.05) is 6.54 Å². The molecule has 14 heavy (non-hydrogen) atoms. The van der Waals surface area contributed by atoms with Gasteiger partial charge < -0.3 is 4.90 Å². The fourth-order valence-electron chi connectivity index (χ4n) is 1.70. The molecule has 0 saturated heterocycles. The number of nitrogens with zero attached hydrogens (tertiary/aromatic N) is 1. The van der Waals surface area contributed by atoms with Crippen molar-refractivity contribution in [3.8, 4) is 0 Å². The molecular weight excluding hydrogens is 170 g/mol. The summed E-state index contributed by atoms with van der Waals surface area (Å²) in [5.74, 6) is 0. The summed E-state index contributed by atoms with van der Waals surface area (Å²) < 4.78 is 0. The molecule has 1 nitrogen and oxygen atoms in total. The summed E-state index contributed by atoms with van der Waals surface area (Å²) in [5, 5.41) is 2.68. The maximum Gasteiger partial charge on any atom is 0.0368 e. The monoisotopic (exact) mass is 187 g/mol. The summed E-state index contributed by atoms with van der Waals surface area (Å²) in [5.41, 5.74) is 0.212. The SMILES string of the molecule is CC(C)(C)N1C=c2ccccc2=CC1. The Labute approximate surface area is 85.4 Å². The minimum atomic E-state index is 0.212. The van der Waals surface area contributed by atoms with E-state index in [2.05, 4.69) is 62.2 Å². The van der Waals surface area contributed by atoms with Crippen molar-refractivity contribution < 1.29 is 0 Å². The molecule has 1 heterocycles. The highest BCUT2D eigenvalue weighted by Crippen LogP contribution is 2.13. The molecule has 0 spiro atoms. The van der Waals surface area contributed by atoms with Crippen molar-refractivity contribution >= 4 is 12.3 Å². The molecular formula is C13H17N. The summed E-state index contributed by atoms with van der Waals surface area (Å²) in [6, 6.07) is 8.53. The van der Waals surface area contributed by atoms with E-state index in [4.69, 9.17) is 0 Å². The second-order valence-electron chi connectivity index (χ2n) is 4.79. The lowest BCUT2D eigenvalue weighted by Crippen LogP contribution is -2.43. The molecule has 1 aromatic carbocycles. The molecule has 0 aliphatic carbocycles. The van der Waals surface area contributed by atoms with Crippen molar-refractivity contribution in [1.29, 1.82) is 0 Å². The largest absolute Gasteiger partial charge is 0.368 e. The molecule has 0 fully saturated rings. The lowest BCUT2D eigenvalue weighted by Gasteiger charge is -2.35. The van der Waals surface area contributed by atoms with Crippen LogP contribution in [0.15, 0.2) is 24.3 Å². The highest BCUT2D eigenvalue weighted by atomic mass is 15.2. The van der Waals surface area contributed by atoms with Crippen molar-refractivity contribution in [1.82, 2.24) is 4.90 Å². The first-order valence-electron chi connectivity index (χ1n) is 5.11. The van der Waals surface area contributed by atoms with Gasteiger partial charge in [0.25, 0.3) is 0 Å². The molecule has 0 saturated carbocycles. The number of hydrogen-bond donors (Lipinski definition) is 0. The third-order valence-corrected chi connectivity index (χ3v) is 2.66. The van der Waals surface area contributed by atoms with E-state index in [0.29, 0.717) is 0 Å². The van der Waals surface area contributed by atoms with Crippen LogP contribution >= 0.6 is 0 Å². The predicted octanol–water partition coefficient (Wildman–Crippen LogP) is 1.32. The molecule has 0 amide bonds. The minimum Gasteiger partial charge on any atom is -0.368 e. The zero-order chi connectivity index (χ0) is 10.2. The lowest BCUT2D eigenvalue weighted by atomic mass is 10.0. The van der Waals surface area contributed by atoms with Crippen LogP contribution in [0.1, 0.15) is 20.8 Å². The third kappa shape index (κ3) is 1.67. The van der Waals surface area contributed by atoms with Gasteiger partial charge in [-0.1, -0.05) is 30.3 Å². The van der Waals surface area contributed by atoms with Gasteiger partial charge in [0, 0.05) is 18.3 Å². The molecule has 1 aliphatic rings. The number of rotatable bonds is 0. The second-order valence-corrected chi connectivity index (χ2v) is 4.79. The van der Waals surface area contributed by atoms with E-state index < -0.39 is 0 Å². The zero-order valence-electron chi connectivity index (χ0n) is 9.12. The molecule has 0 radical (unpaired) electrons. The fourth-order valence-corrected chi connectivity index (χ4v) is 1.70. The highest BCUT2D eigenvalue weighted by Gasteiger charge is 2.17. The average Bonchev–Trinajstić information content (AvgIpc) is 2.16. The Balaban J connectivity index is 2.49. The zero-order valence-corrected chi connectivity index (χ0v) is 9.12. The smallest absolute Gasteiger partial charge is 0.0368 e. The van der Waals surface area contributed by atoms with E-state index in [1.54, 1.807) is 0 Å². The maximum absolute atomic E-state index is 2.37. The molecule has 0 bridgehead atoms. The van der Waals surface area contributed by atoms with Gasteiger partial charge in [0.1, 0.15) is 0 Å². The summed E-state index contributed by atoms with van der Waals surface area (Å²) in [4.78, 5) is 2.37. The van der Waals surface area contributed by atoms with Gasteiger partial charge in [-0.15, -0.1) is 0 Å². The van der Waals surface area contributed by atoms with Crippen molar-refractivity contribution in [2.24, 2.45) is 0 Å². The Kier molecular flexibility index (Phi) is 2.10. The summed E-state index contributed by atoms with van der Waals surface area (Å²) in [6.07, 6.45) is 4.55. The second kappa shape index (κ2) is 3.16. The normalized spacial score (nSPS) is 15.5. The van der Waals surface area contributed by atoms with Gasteiger partial charge in [0.05, 0.1) is 0 Å². The molecule has 1 aliphatic heterocycles. The van der Waals surface area contributed by atoms with E-state index in [9.17, 15) is 0 Å². The maximum atomic E-state index is 2.37. The quantitative estimate of drug-likeness (QED) is 0.592. The van der Waals surface area contributed by atoms with Crippen LogP contribution < -0.4 is 10.4 Å². The van der Waals surface area contributed by atoms with Crippen LogP contribution in [0.4, 0.5) is 0 Å². The van der Waals surface area contributed by atoms with Crippen molar-refractivity contribution in [3.63, 3.8) is 0 Å². The van der Waals surface area contributed by atoms with Gasteiger partial charge in [-0.2, -0.15) is 0 Å². The van der Waals surface area contributed by atoms with Crippen LogP contribution in [0.2, 0.25) is 0 Å². The summed E-state index contributed by atoms with van der Waals surface area (Å²) in [6.45, 7) is 7.74. The van der Waals surface area contributed by atoms with E-state index in [1.165, 1.54) is 10.4 Å². The van der Waals surface area contributed by atoms with Gasteiger partial charge >= 0.3 is 0 Å². The first-order valence-corrected chi connectivity index (χ1v) is 5.11. The van der Waals surface area contributed by atoms with Gasteiger partial charge in [-0.3, -0.25) is 0 Å². The van der Waals surface area contributed by atoms with Crippen molar-refractivity contribution in [2.45, 2.75) is 26.3 Å². The van der Waals surface area contributed by atoms with Gasteiger partial charge in [0.2, 0.25) is 0 Å².